The molecule has 0 N–H and O–H groups in total. The van der Waals surface area contributed by atoms with Crippen LogP contribution < -0.4 is 9.47 Å². The van der Waals surface area contributed by atoms with Gasteiger partial charge in [-0.05, 0) is 31.4 Å². The van der Waals surface area contributed by atoms with Crippen LogP contribution in [0.5, 0.6) is 11.5 Å². The third-order valence-electron chi connectivity index (χ3n) is 3.21. The molecular formula is C15H20Br2O3. The third kappa shape index (κ3) is 3.89. The number of halogens is 2. The summed E-state index contributed by atoms with van der Waals surface area (Å²) in [5, 5.41) is 0. The molecule has 0 saturated carbocycles. The second-order valence-electron chi connectivity index (χ2n) is 5.38. The van der Waals surface area contributed by atoms with E-state index in [1.54, 1.807) is 0 Å². The highest BCUT2D eigenvalue weighted by Gasteiger charge is 2.24. The van der Waals surface area contributed by atoms with Gasteiger partial charge in [0, 0.05) is 21.5 Å². The first-order chi connectivity index (χ1) is 9.49. The van der Waals surface area contributed by atoms with Crippen molar-refractivity contribution in [3.8, 4) is 11.5 Å². The zero-order chi connectivity index (χ0) is 14.7. The zero-order valence-electron chi connectivity index (χ0n) is 12.0. The highest BCUT2D eigenvalue weighted by atomic mass is 79.9. The van der Waals surface area contributed by atoms with Crippen molar-refractivity contribution in [1.29, 1.82) is 0 Å². The van der Waals surface area contributed by atoms with Crippen molar-refractivity contribution in [3.05, 3.63) is 22.2 Å². The largest absolute Gasteiger partial charge is 0.454 e. The fourth-order valence-corrected chi connectivity index (χ4v) is 3.04. The molecule has 5 heteroatoms. The molecule has 0 fully saturated rings. The van der Waals surface area contributed by atoms with E-state index in [0.29, 0.717) is 5.92 Å². The van der Waals surface area contributed by atoms with Gasteiger partial charge >= 0.3 is 0 Å². The van der Waals surface area contributed by atoms with Crippen LogP contribution in [0.1, 0.15) is 38.9 Å². The Labute approximate surface area is 137 Å². The van der Waals surface area contributed by atoms with Crippen LogP contribution in [0.2, 0.25) is 0 Å². The van der Waals surface area contributed by atoms with Crippen molar-refractivity contribution in [2.24, 2.45) is 5.92 Å². The van der Waals surface area contributed by atoms with Gasteiger partial charge in [-0.2, -0.15) is 0 Å². The van der Waals surface area contributed by atoms with Crippen LogP contribution in [-0.4, -0.2) is 18.2 Å². The smallest absolute Gasteiger partial charge is 0.231 e. The summed E-state index contributed by atoms with van der Waals surface area (Å²) >= 11 is 7.24. The molecule has 0 spiro atoms. The van der Waals surface area contributed by atoms with E-state index < -0.39 is 0 Å². The Morgan fingerprint density at radius 2 is 1.85 bits per heavy atom. The average molecular weight is 408 g/mol. The Hall–Kier alpha value is -0.260. The predicted molar refractivity (Wildman–Crippen MR) is 86.8 cm³/mol. The van der Waals surface area contributed by atoms with E-state index in [1.807, 2.05) is 12.1 Å². The Morgan fingerprint density at radius 3 is 2.45 bits per heavy atom. The van der Waals surface area contributed by atoms with Gasteiger partial charge in [0.05, 0.1) is 6.10 Å². The molecule has 0 saturated heterocycles. The minimum absolute atomic E-state index is 0.0161. The van der Waals surface area contributed by atoms with Crippen molar-refractivity contribution >= 4 is 31.9 Å². The third-order valence-corrected chi connectivity index (χ3v) is 4.38. The van der Waals surface area contributed by atoms with Crippen LogP contribution in [0.4, 0.5) is 0 Å². The van der Waals surface area contributed by atoms with Crippen LogP contribution in [0.15, 0.2) is 16.6 Å². The molecule has 0 bridgehead atoms. The Morgan fingerprint density at radius 1 is 1.20 bits per heavy atom. The van der Waals surface area contributed by atoms with E-state index in [9.17, 15) is 0 Å². The van der Waals surface area contributed by atoms with E-state index in [4.69, 9.17) is 14.2 Å². The van der Waals surface area contributed by atoms with Gasteiger partial charge in [0.15, 0.2) is 11.5 Å². The van der Waals surface area contributed by atoms with E-state index in [-0.39, 0.29) is 17.7 Å². The maximum absolute atomic E-state index is 6.07. The predicted octanol–water partition coefficient (Wildman–Crippen LogP) is 5.07. The molecule has 1 heterocycles. The van der Waals surface area contributed by atoms with Crippen molar-refractivity contribution in [3.63, 3.8) is 0 Å². The van der Waals surface area contributed by atoms with Gasteiger partial charge in [-0.25, -0.2) is 0 Å². The lowest BCUT2D eigenvalue weighted by molar-refractivity contribution is 0.0475. The topological polar surface area (TPSA) is 27.7 Å². The number of hydrogen-bond donors (Lipinski definition) is 0. The summed E-state index contributed by atoms with van der Waals surface area (Å²) in [4.78, 5) is 0.214. The van der Waals surface area contributed by atoms with Crippen LogP contribution in [0, 0.1) is 5.92 Å². The summed E-state index contributed by atoms with van der Waals surface area (Å²) in [6, 6.07) is 3.95. The molecule has 1 aliphatic rings. The van der Waals surface area contributed by atoms with Gasteiger partial charge < -0.3 is 14.2 Å². The van der Waals surface area contributed by atoms with Crippen molar-refractivity contribution in [1.82, 2.24) is 0 Å². The maximum Gasteiger partial charge on any atom is 0.231 e. The summed E-state index contributed by atoms with van der Waals surface area (Å²) in [5.41, 5.74) is 1.09. The molecule has 0 aliphatic carbocycles. The van der Waals surface area contributed by atoms with Crippen molar-refractivity contribution in [2.45, 2.75) is 38.1 Å². The lowest BCUT2D eigenvalue weighted by Crippen LogP contribution is -2.15. The van der Waals surface area contributed by atoms with Gasteiger partial charge in [0.25, 0.3) is 0 Å². The minimum Gasteiger partial charge on any atom is -0.454 e. The average Bonchev–Trinajstić information content (AvgIpc) is 2.80. The van der Waals surface area contributed by atoms with E-state index in [0.717, 1.165) is 34.6 Å². The number of fused-ring (bicyclic) bond motifs is 1. The molecule has 1 aromatic rings. The number of alkyl halides is 1. The highest BCUT2D eigenvalue weighted by molar-refractivity contribution is 9.10. The first-order valence-corrected chi connectivity index (χ1v) is 8.54. The zero-order valence-corrected chi connectivity index (χ0v) is 15.2. The first-order valence-electron chi connectivity index (χ1n) is 6.83. The normalized spacial score (nSPS) is 16.5. The van der Waals surface area contributed by atoms with E-state index in [1.165, 1.54) is 0 Å². The molecule has 2 rings (SSSR count). The van der Waals surface area contributed by atoms with Gasteiger partial charge in [-0.15, -0.1) is 0 Å². The number of rotatable bonds is 6. The molecule has 2 atom stereocenters. The molecule has 1 aliphatic heterocycles. The molecule has 3 nitrogen and oxygen atoms in total. The molecule has 0 aromatic heterocycles. The highest BCUT2D eigenvalue weighted by Crippen LogP contribution is 2.41. The molecule has 2 unspecified atom stereocenters. The van der Waals surface area contributed by atoms with Crippen LogP contribution in [0.3, 0.4) is 0 Å². The summed E-state index contributed by atoms with van der Waals surface area (Å²) < 4.78 is 17.9. The lowest BCUT2D eigenvalue weighted by Gasteiger charge is -2.23. The van der Waals surface area contributed by atoms with E-state index >= 15 is 0 Å². The standard InChI is InChI=1S/C15H20Br2O3/c1-9(2)4-5-18-15(10(3)16)11-6-13-14(7-12(11)17)20-8-19-13/h6-7,9-10,15H,4-5,8H2,1-3H3. The molecular weight excluding hydrogens is 388 g/mol. The lowest BCUT2D eigenvalue weighted by atomic mass is 10.1. The summed E-state index contributed by atoms with van der Waals surface area (Å²) in [5.74, 6) is 2.21. The van der Waals surface area contributed by atoms with Crippen LogP contribution >= 0.6 is 31.9 Å². The Bertz CT molecular complexity index is 461. The SMILES string of the molecule is CC(C)CCOC(c1cc2c(cc1Br)OCO2)C(C)Br. The molecule has 112 valence electrons. The van der Waals surface area contributed by atoms with Crippen LogP contribution in [-0.2, 0) is 4.74 Å². The quantitative estimate of drug-likeness (QED) is 0.616. The molecule has 1 aromatic carbocycles. The summed E-state index contributed by atoms with van der Waals surface area (Å²) in [6.07, 6.45) is 1.04. The number of benzene rings is 1. The molecule has 20 heavy (non-hydrogen) atoms. The van der Waals surface area contributed by atoms with Gasteiger partial charge in [0.2, 0.25) is 6.79 Å². The van der Waals surface area contributed by atoms with Gasteiger partial charge in [-0.1, -0.05) is 45.7 Å². The Kier molecular flexibility index (Phi) is 5.75. The van der Waals surface area contributed by atoms with Gasteiger partial charge in [-0.3, -0.25) is 0 Å². The second-order valence-corrected chi connectivity index (χ2v) is 7.68. The first kappa shape index (κ1) is 16.1. The number of hydrogen-bond acceptors (Lipinski definition) is 3. The molecule has 0 amide bonds. The minimum atomic E-state index is -0.0161. The second kappa shape index (κ2) is 7.14. The maximum atomic E-state index is 6.07. The number of ether oxygens (including phenoxy) is 3. The molecule has 0 radical (unpaired) electrons. The van der Waals surface area contributed by atoms with E-state index in [2.05, 4.69) is 52.6 Å². The Balaban J connectivity index is 2.16. The monoisotopic (exact) mass is 406 g/mol. The van der Waals surface area contributed by atoms with Crippen LogP contribution in [0.25, 0.3) is 0 Å². The van der Waals surface area contributed by atoms with Gasteiger partial charge in [0.1, 0.15) is 0 Å². The summed E-state index contributed by atoms with van der Waals surface area (Å²) in [7, 11) is 0. The fourth-order valence-electron chi connectivity index (χ4n) is 2.05. The van der Waals surface area contributed by atoms with Crippen molar-refractivity contribution < 1.29 is 14.2 Å². The van der Waals surface area contributed by atoms with Crippen molar-refractivity contribution in [2.75, 3.05) is 13.4 Å². The summed E-state index contributed by atoms with van der Waals surface area (Å²) in [6.45, 7) is 7.53. The fraction of sp³-hybridized carbons (Fsp3) is 0.600.